The molecular formula is C21H29N3O3. The number of aliphatic hydroxyl groups excluding tert-OH is 1. The largest absolute Gasteiger partial charge is 0.465 e. The molecule has 1 unspecified atom stereocenters. The Bertz CT molecular complexity index is 818. The Kier molecular flexibility index (Phi) is 5.21. The van der Waals surface area contributed by atoms with Gasteiger partial charge >= 0.3 is 5.97 Å². The van der Waals surface area contributed by atoms with Crippen LogP contribution in [0.3, 0.4) is 0 Å². The van der Waals surface area contributed by atoms with E-state index in [9.17, 15) is 9.90 Å². The smallest absolute Gasteiger partial charge is 0.325 e. The van der Waals surface area contributed by atoms with Gasteiger partial charge in [0.1, 0.15) is 6.54 Å². The SMILES string of the molecule is CCOC(=O)Cn1cc(CN2CC3C[C@@H](O)CN3C[C@@H]2C)c2ccccc21. The highest BCUT2D eigenvalue weighted by Crippen LogP contribution is 2.28. The summed E-state index contributed by atoms with van der Waals surface area (Å²) >= 11 is 0. The molecule has 3 atom stereocenters. The maximum Gasteiger partial charge on any atom is 0.325 e. The van der Waals surface area contributed by atoms with Crippen LogP contribution in [0.15, 0.2) is 30.5 Å². The molecule has 2 aliphatic rings. The van der Waals surface area contributed by atoms with Gasteiger partial charge in [-0.05, 0) is 31.9 Å². The van der Waals surface area contributed by atoms with Crippen molar-refractivity contribution in [2.75, 3.05) is 26.2 Å². The number of para-hydroxylation sites is 1. The molecule has 2 saturated heterocycles. The number of piperazine rings is 1. The van der Waals surface area contributed by atoms with E-state index >= 15 is 0 Å². The zero-order valence-corrected chi connectivity index (χ0v) is 16.2. The van der Waals surface area contributed by atoms with E-state index in [1.54, 1.807) is 0 Å². The molecule has 3 heterocycles. The number of rotatable bonds is 5. The predicted octanol–water partition coefficient (Wildman–Crippen LogP) is 1.84. The lowest BCUT2D eigenvalue weighted by Gasteiger charge is -2.42. The number of hydrogen-bond acceptors (Lipinski definition) is 5. The molecule has 2 fully saturated rings. The summed E-state index contributed by atoms with van der Waals surface area (Å²) in [4.78, 5) is 16.9. The Hall–Kier alpha value is -1.89. The Labute approximate surface area is 160 Å². The molecular weight excluding hydrogens is 342 g/mol. The van der Waals surface area contributed by atoms with Crippen LogP contribution < -0.4 is 0 Å². The average Bonchev–Trinajstić information content (AvgIpc) is 3.15. The normalized spacial score (nSPS) is 26.4. The number of ether oxygens (including phenoxy) is 1. The lowest BCUT2D eigenvalue weighted by Crippen LogP contribution is -2.54. The predicted molar refractivity (Wildman–Crippen MR) is 104 cm³/mol. The first-order valence-electron chi connectivity index (χ1n) is 9.93. The van der Waals surface area contributed by atoms with E-state index in [1.807, 2.05) is 17.6 Å². The van der Waals surface area contributed by atoms with Crippen molar-refractivity contribution in [2.45, 2.75) is 51.5 Å². The molecule has 27 heavy (non-hydrogen) atoms. The molecule has 6 heteroatoms. The van der Waals surface area contributed by atoms with Crippen LogP contribution in [-0.4, -0.2) is 69.9 Å². The molecule has 2 aliphatic heterocycles. The Morgan fingerprint density at radius 3 is 2.89 bits per heavy atom. The molecule has 0 saturated carbocycles. The van der Waals surface area contributed by atoms with Gasteiger partial charge in [0.2, 0.25) is 0 Å². The average molecular weight is 371 g/mol. The minimum absolute atomic E-state index is 0.186. The van der Waals surface area contributed by atoms with Crippen molar-refractivity contribution in [3.8, 4) is 0 Å². The summed E-state index contributed by atoms with van der Waals surface area (Å²) in [6, 6.07) is 9.15. The molecule has 0 spiro atoms. The van der Waals surface area contributed by atoms with Gasteiger partial charge in [-0.25, -0.2) is 0 Å². The van der Waals surface area contributed by atoms with Crippen LogP contribution in [-0.2, 0) is 22.6 Å². The van der Waals surface area contributed by atoms with Gasteiger partial charge in [-0.3, -0.25) is 14.6 Å². The number of aliphatic hydroxyl groups is 1. The highest BCUT2D eigenvalue weighted by Gasteiger charge is 2.38. The van der Waals surface area contributed by atoms with Crippen molar-refractivity contribution >= 4 is 16.9 Å². The fourth-order valence-corrected chi connectivity index (χ4v) is 4.64. The third kappa shape index (κ3) is 3.74. The Balaban J connectivity index is 1.56. The molecule has 0 radical (unpaired) electrons. The van der Waals surface area contributed by atoms with Crippen LogP contribution in [0, 0.1) is 0 Å². The lowest BCUT2D eigenvalue weighted by molar-refractivity contribution is -0.143. The van der Waals surface area contributed by atoms with Crippen molar-refractivity contribution in [1.82, 2.24) is 14.4 Å². The van der Waals surface area contributed by atoms with Crippen LogP contribution in [0.4, 0.5) is 0 Å². The maximum absolute atomic E-state index is 12.0. The van der Waals surface area contributed by atoms with Crippen LogP contribution >= 0.6 is 0 Å². The Morgan fingerprint density at radius 1 is 1.26 bits per heavy atom. The molecule has 0 amide bonds. The van der Waals surface area contributed by atoms with Gasteiger partial charge in [-0.15, -0.1) is 0 Å². The highest BCUT2D eigenvalue weighted by molar-refractivity contribution is 5.85. The summed E-state index contributed by atoms with van der Waals surface area (Å²) in [6.45, 7) is 8.39. The first-order valence-corrected chi connectivity index (χ1v) is 9.93. The monoisotopic (exact) mass is 371 g/mol. The zero-order valence-electron chi connectivity index (χ0n) is 16.2. The fourth-order valence-electron chi connectivity index (χ4n) is 4.64. The zero-order chi connectivity index (χ0) is 19.0. The molecule has 6 nitrogen and oxygen atoms in total. The third-order valence-electron chi connectivity index (χ3n) is 5.92. The maximum atomic E-state index is 12.0. The molecule has 1 aromatic heterocycles. The molecule has 4 rings (SSSR count). The van der Waals surface area contributed by atoms with Gasteiger partial charge < -0.3 is 14.4 Å². The van der Waals surface area contributed by atoms with Gasteiger partial charge in [0.15, 0.2) is 0 Å². The number of hydrogen-bond donors (Lipinski definition) is 1. The van der Waals surface area contributed by atoms with E-state index < -0.39 is 0 Å². The highest BCUT2D eigenvalue weighted by atomic mass is 16.5. The van der Waals surface area contributed by atoms with Gasteiger partial charge in [0, 0.05) is 55.4 Å². The standard InChI is InChI=1S/C21H29N3O3/c1-3-27-21(26)14-24-11-16(19-6-4-5-7-20(19)24)10-22-12-17-8-18(25)13-23(17)9-15(22)2/h4-7,11,15,17-18,25H,3,8-10,12-14H2,1-2H3/t15-,17?,18+/m0/s1. The minimum Gasteiger partial charge on any atom is -0.465 e. The number of esters is 1. The van der Waals surface area contributed by atoms with Crippen molar-refractivity contribution in [1.29, 1.82) is 0 Å². The summed E-state index contributed by atoms with van der Waals surface area (Å²) in [5.41, 5.74) is 2.32. The summed E-state index contributed by atoms with van der Waals surface area (Å²) in [5, 5.41) is 11.2. The summed E-state index contributed by atoms with van der Waals surface area (Å²) < 4.78 is 7.13. The molecule has 0 bridgehead atoms. The van der Waals surface area contributed by atoms with E-state index in [0.717, 1.165) is 38.1 Å². The van der Waals surface area contributed by atoms with Gasteiger partial charge in [-0.1, -0.05) is 18.2 Å². The third-order valence-corrected chi connectivity index (χ3v) is 5.92. The quantitative estimate of drug-likeness (QED) is 0.813. The van der Waals surface area contributed by atoms with E-state index in [-0.39, 0.29) is 18.6 Å². The van der Waals surface area contributed by atoms with E-state index in [0.29, 0.717) is 18.7 Å². The van der Waals surface area contributed by atoms with Crippen LogP contribution in [0.2, 0.25) is 0 Å². The van der Waals surface area contributed by atoms with E-state index in [4.69, 9.17) is 4.74 Å². The second-order valence-corrected chi connectivity index (χ2v) is 7.88. The molecule has 2 aromatic rings. The number of fused-ring (bicyclic) bond motifs is 2. The molecule has 1 N–H and O–H groups in total. The van der Waals surface area contributed by atoms with E-state index in [1.165, 1.54) is 10.9 Å². The number of carbonyl (C=O) groups is 1. The second-order valence-electron chi connectivity index (χ2n) is 7.88. The number of aromatic nitrogens is 1. The van der Waals surface area contributed by atoms with Gasteiger partial charge in [0.05, 0.1) is 12.7 Å². The summed E-state index contributed by atoms with van der Waals surface area (Å²) in [6.07, 6.45) is 2.78. The topological polar surface area (TPSA) is 57.9 Å². The summed E-state index contributed by atoms with van der Waals surface area (Å²) in [7, 11) is 0. The van der Waals surface area contributed by atoms with Gasteiger partial charge in [0.25, 0.3) is 0 Å². The van der Waals surface area contributed by atoms with E-state index in [2.05, 4.69) is 41.1 Å². The van der Waals surface area contributed by atoms with Crippen molar-refractivity contribution in [3.05, 3.63) is 36.0 Å². The van der Waals surface area contributed by atoms with Gasteiger partial charge in [-0.2, -0.15) is 0 Å². The molecule has 0 aliphatic carbocycles. The second kappa shape index (κ2) is 7.62. The minimum atomic E-state index is -0.202. The van der Waals surface area contributed by atoms with Crippen LogP contribution in [0.5, 0.6) is 0 Å². The van der Waals surface area contributed by atoms with Crippen molar-refractivity contribution in [2.24, 2.45) is 0 Å². The van der Waals surface area contributed by atoms with Crippen molar-refractivity contribution < 1.29 is 14.6 Å². The Morgan fingerprint density at radius 2 is 2.07 bits per heavy atom. The van der Waals surface area contributed by atoms with Crippen LogP contribution in [0.25, 0.3) is 10.9 Å². The summed E-state index contributed by atoms with van der Waals surface area (Å²) in [5.74, 6) is -0.202. The first kappa shape index (κ1) is 18.5. The number of benzene rings is 1. The fraction of sp³-hybridized carbons (Fsp3) is 0.571. The van der Waals surface area contributed by atoms with Crippen molar-refractivity contribution in [3.63, 3.8) is 0 Å². The first-order chi connectivity index (χ1) is 13.0. The lowest BCUT2D eigenvalue weighted by atomic mass is 10.1. The number of nitrogens with zero attached hydrogens (tertiary/aromatic N) is 3. The molecule has 146 valence electrons. The number of carbonyl (C=O) groups excluding carboxylic acids is 1. The molecule has 1 aromatic carbocycles. The van der Waals surface area contributed by atoms with Crippen LogP contribution in [0.1, 0.15) is 25.8 Å².